The average molecular weight is 274 g/mol. The molecular weight excluding hydrogens is 260 g/mol. The topological polar surface area (TPSA) is 38.0 Å². The molecule has 1 saturated carbocycles. The van der Waals surface area contributed by atoms with Gasteiger partial charge in [0.05, 0.1) is 5.69 Å². The monoisotopic (exact) mass is 274 g/mol. The molecule has 0 heterocycles. The number of anilines is 1. The lowest BCUT2D eigenvalue weighted by Crippen LogP contribution is -2.05. The van der Waals surface area contributed by atoms with Crippen LogP contribution in [0.1, 0.15) is 24.3 Å². The summed E-state index contributed by atoms with van der Waals surface area (Å²) >= 11 is 6.16. The van der Waals surface area contributed by atoms with Gasteiger partial charge < -0.3 is 10.5 Å². The highest BCUT2D eigenvalue weighted by Gasteiger charge is 2.25. The Hall–Kier alpha value is -1.26. The van der Waals surface area contributed by atoms with E-state index in [1.54, 1.807) is 0 Å². The maximum absolute atomic E-state index is 5.50. The van der Waals surface area contributed by atoms with Gasteiger partial charge in [-0.1, -0.05) is 42.5 Å². The summed E-state index contributed by atoms with van der Waals surface area (Å²) in [5.41, 5.74) is 8.05. The molecule has 0 aromatic heterocycles. The Morgan fingerprint density at radius 2 is 1.89 bits per heavy atom. The van der Waals surface area contributed by atoms with Gasteiger partial charge in [-0.25, -0.2) is 0 Å². The van der Waals surface area contributed by atoms with Crippen molar-refractivity contribution in [2.45, 2.75) is 18.8 Å². The molecule has 1 aliphatic rings. The Bertz CT molecular complexity index is 606. The first-order valence-electron chi connectivity index (χ1n) is 5.99. The molecule has 3 rings (SSSR count). The zero-order valence-electron chi connectivity index (χ0n) is 9.85. The molecule has 2 nitrogen and oxygen atoms in total. The van der Waals surface area contributed by atoms with Crippen LogP contribution in [-0.4, -0.2) is 4.32 Å². The summed E-state index contributed by atoms with van der Waals surface area (Å²) in [5, 5.41) is 2.58. The van der Waals surface area contributed by atoms with Gasteiger partial charge in [0, 0.05) is 17.3 Å². The fourth-order valence-corrected chi connectivity index (χ4v) is 2.78. The third-order valence-electron chi connectivity index (χ3n) is 3.24. The molecule has 2 aromatic carbocycles. The zero-order chi connectivity index (χ0) is 12.5. The molecule has 0 radical (unpaired) electrons. The van der Waals surface area contributed by atoms with E-state index in [0.717, 1.165) is 11.6 Å². The van der Waals surface area contributed by atoms with Gasteiger partial charge in [0.1, 0.15) is 0 Å². The second-order valence-electron chi connectivity index (χ2n) is 4.55. The molecule has 0 spiro atoms. The van der Waals surface area contributed by atoms with E-state index in [-0.39, 0.29) is 0 Å². The van der Waals surface area contributed by atoms with Gasteiger partial charge in [-0.05, 0) is 35.8 Å². The summed E-state index contributed by atoms with van der Waals surface area (Å²) < 4.78 is 3.63. The summed E-state index contributed by atoms with van der Waals surface area (Å²) in [5.74, 6) is 0.757. The first-order valence-corrected chi connectivity index (χ1v) is 7.22. The van der Waals surface area contributed by atoms with Crippen molar-refractivity contribution >= 4 is 44.9 Å². The number of hydrogen-bond donors (Lipinski definition) is 2. The molecule has 2 aromatic rings. The third kappa shape index (κ3) is 2.31. The van der Waals surface area contributed by atoms with Crippen LogP contribution in [-0.2, 0) is 0 Å². The van der Waals surface area contributed by atoms with E-state index >= 15 is 0 Å². The number of nitrogens with one attached hydrogen (secondary N) is 1. The number of fused-ring (bicyclic) bond motifs is 1. The van der Waals surface area contributed by atoms with E-state index < -0.39 is 0 Å². The quantitative estimate of drug-likeness (QED) is 0.655. The minimum absolute atomic E-state index is 0.408. The standard InChI is InChI=1S/C14H14N2S2/c15-14(17)18-16-13-8-7-10(9-5-6-9)11-3-1-2-4-12(11)13/h1-4,7-9,16H,5-6H2,(H2,15,17). The summed E-state index contributed by atoms with van der Waals surface area (Å²) in [6, 6.07) is 12.8. The highest BCUT2D eigenvalue weighted by atomic mass is 32.2. The molecule has 3 N–H and O–H groups in total. The van der Waals surface area contributed by atoms with Crippen molar-refractivity contribution < 1.29 is 0 Å². The van der Waals surface area contributed by atoms with E-state index in [9.17, 15) is 0 Å². The normalized spacial score (nSPS) is 14.7. The van der Waals surface area contributed by atoms with E-state index in [1.165, 1.54) is 41.1 Å². The number of benzene rings is 2. The van der Waals surface area contributed by atoms with Crippen LogP contribution in [0.3, 0.4) is 0 Å². The molecule has 0 saturated heterocycles. The first kappa shape index (κ1) is 11.8. The van der Waals surface area contributed by atoms with Crippen molar-refractivity contribution in [3.63, 3.8) is 0 Å². The Labute approximate surface area is 116 Å². The molecule has 0 aliphatic heterocycles. The third-order valence-corrected chi connectivity index (χ3v) is 4.01. The maximum atomic E-state index is 5.50. The fourth-order valence-electron chi connectivity index (χ4n) is 2.27. The predicted molar refractivity (Wildman–Crippen MR) is 83.9 cm³/mol. The van der Waals surface area contributed by atoms with Gasteiger partial charge in [-0.2, -0.15) is 0 Å². The van der Waals surface area contributed by atoms with Crippen LogP contribution in [0.2, 0.25) is 0 Å². The summed E-state index contributed by atoms with van der Waals surface area (Å²) in [6.07, 6.45) is 2.64. The van der Waals surface area contributed by atoms with Crippen LogP contribution in [0.5, 0.6) is 0 Å². The molecule has 92 valence electrons. The van der Waals surface area contributed by atoms with Gasteiger partial charge in [0.25, 0.3) is 0 Å². The maximum Gasteiger partial charge on any atom is 0.151 e. The SMILES string of the molecule is NC(=S)SNc1ccc(C2CC2)c2ccccc12. The number of rotatable bonds is 3. The molecule has 0 unspecified atom stereocenters. The van der Waals surface area contributed by atoms with Gasteiger partial charge >= 0.3 is 0 Å². The summed E-state index contributed by atoms with van der Waals surface area (Å²) in [6.45, 7) is 0. The van der Waals surface area contributed by atoms with Gasteiger partial charge in [0.15, 0.2) is 4.32 Å². The van der Waals surface area contributed by atoms with Crippen LogP contribution in [0.25, 0.3) is 10.8 Å². The lowest BCUT2D eigenvalue weighted by atomic mass is 10.00. The van der Waals surface area contributed by atoms with Crippen LogP contribution in [0.15, 0.2) is 36.4 Å². The highest BCUT2D eigenvalue weighted by Crippen LogP contribution is 2.44. The van der Waals surface area contributed by atoms with Crippen molar-refractivity contribution in [2.24, 2.45) is 5.73 Å². The smallest absolute Gasteiger partial charge is 0.151 e. The zero-order valence-corrected chi connectivity index (χ0v) is 11.5. The van der Waals surface area contributed by atoms with E-state index in [1.807, 2.05) is 0 Å². The minimum atomic E-state index is 0.408. The lowest BCUT2D eigenvalue weighted by Gasteiger charge is -2.11. The summed E-state index contributed by atoms with van der Waals surface area (Å²) in [4.78, 5) is 0. The van der Waals surface area contributed by atoms with Crippen LogP contribution in [0, 0.1) is 0 Å². The Kier molecular flexibility index (Phi) is 3.14. The number of hydrogen-bond acceptors (Lipinski definition) is 3. The molecule has 18 heavy (non-hydrogen) atoms. The number of nitrogens with two attached hydrogens (primary N) is 1. The average Bonchev–Trinajstić information content (AvgIpc) is 3.20. The lowest BCUT2D eigenvalue weighted by molar-refractivity contribution is 1.15. The van der Waals surface area contributed by atoms with Crippen molar-refractivity contribution in [1.82, 2.24) is 0 Å². The molecule has 0 amide bonds. The predicted octanol–water partition coefficient (Wildman–Crippen LogP) is 4.02. The van der Waals surface area contributed by atoms with Crippen LogP contribution >= 0.6 is 24.2 Å². The van der Waals surface area contributed by atoms with Crippen molar-refractivity contribution in [2.75, 3.05) is 4.72 Å². The molecular formula is C14H14N2S2. The van der Waals surface area contributed by atoms with Gasteiger partial charge in [0.2, 0.25) is 0 Å². The van der Waals surface area contributed by atoms with Crippen molar-refractivity contribution in [3.8, 4) is 0 Å². The largest absolute Gasteiger partial charge is 0.383 e. The fraction of sp³-hybridized carbons (Fsp3) is 0.214. The second-order valence-corrected chi connectivity index (χ2v) is 6.09. The second kappa shape index (κ2) is 4.78. The van der Waals surface area contributed by atoms with Crippen LogP contribution in [0.4, 0.5) is 5.69 Å². The first-order chi connectivity index (χ1) is 8.75. The minimum Gasteiger partial charge on any atom is -0.383 e. The van der Waals surface area contributed by atoms with Gasteiger partial charge in [-0.3, -0.25) is 0 Å². The highest BCUT2D eigenvalue weighted by molar-refractivity contribution is 8.23. The molecule has 0 bridgehead atoms. The van der Waals surface area contributed by atoms with E-state index in [0.29, 0.717) is 4.32 Å². The molecule has 4 heteroatoms. The van der Waals surface area contributed by atoms with E-state index in [4.69, 9.17) is 18.0 Å². The molecule has 1 fully saturated rings. The van der Waals surface area contributed by atoms with Crippen LogP contribution < -0.4 is 10.5 Å². The molecule has 1 aliphatic carbocycles. The molecule has 0 atom stereocenters. The number of thiocarbonyl (C=S) groups is 1. The Morgan fingerprint density at radius 1 is 1.17 bits per heavy atom. The van der Waals surface area contributed by atoms with Gasteiger partial charge in [-0.15, -0.1) is 0 Å². The van der Waals surface area contributed by atoms with Crippen molar-refractivity contribution in [1.29, 1.82) is 0 Å². The summed E-state index contributed by atoms with van der Waals surface area (Å²) in [7, 11) is 0. The Morgan fingerprint density at radius 3 is 2.56 bits per heavy atom. The van der Waals surface area contributed by atoms with E-state index in [2.05, 4.69) is 41.1 Å². The Balaban J connectivity index is 2.05. The van der Waals surface area contributed by atoms with Crippen molar-refractivity contribution in [3.05, 3.63) is 42.0 Å².